The molecule has 0 aromatic heterocycles. The first-order valence-electron chi connectivity index (χ1n) is 11.0. The highest BCUT2D eigenvalue weighted by atomic mass is 32.2. The Balaban J connectivity index is 1.74. The molecule has 0 spiro atoms. The van der Waals surface area contributed by atoms with Gasteiger partial charge in [-0.15, -0.1) is 0 Å². The van der Waals surface area contributed by atoms with Crippen molar-refractivity contribution in [1.29, 1.82) is 0 Å². The quantitative estimate of drug-likeness (QED) is 0.352. The largest absolute Gasteiger partial charge is 0.335 e. The summed E-state index contributed by atoms with van der Waals surface area (Å²) < 4.78 is 0. The van der Waals surface area contributed by atoms with Gasteiger partial charge in [0.15, 0.2) is 10.7 Å². The average molecular weight is 448 g/mol. The number of thioether (sulfide) groups is 1. The third-order valence-electron chi connectivity index (χ3n) is 5.83. The lowest BCUT2D eigenvalue weighted by molar-refractivity contribution is 0.750. The predicted molar refractivity (Wildman–Crippen MR) is 142 cm³/mol. The molecule has 5 rings (SSSR count). The lowest BCUT2D eigenvalue weighted by atomic mass is 9.84. The smallest absolute Gasteiger partial charge is 0.168 e. The van der Waals surface area contributed by atoms with Crippen LogP contribution in [-0.4, -0.2) is 10.2 Å². The summed E-state index contributed by atoms with van der Waals surface area (Å²) in [5.74, 6) is 0. The Morgan fingerprint density at radius 1 is 0.667 bits per heavy atom. The molecule has 3 nitrogen and oxygen atoms in total. The maximum atomic E-state index is 5.33. The van der Waals surface area contributed by atoms with Crippen LogP contribution in [0.15, 0.2) is 119 Å². The molecule has 0 saturated heterocycles. The molecule has 1 N–H and O–H groups in total. The van der Waals surface area contributed by atoms with E-state index in [9.17, 15) is 0 Å². The van der Waals surface area contributed by atoms with E-state index in [2.05, 4.69) is 98.0 Å². The Morgan fingerprint density at radius 3 is 1.73 bits per heavy atom. The third-order valence-corrected chi connectivity index (χ3v) is 6.80. The number of nitrogens with zero attached hydrogens (tertiary/aromatic N) is 2. The first-order chi connectivity index (χ1) is 16.2. The Morgan fingerprint density at radius 2 is 1.18 bits per heavy atom. The van der Waals surface area contributed by atoms with E-state index >= 15 is 0 Å². The molecule has 0 unspecified atom stereocenters. The monoisotopic (exact) mass is 447 g/mol. The molecule has 162 valence electrons. The Hall–Kier alpha value is -3.63. The van der Waals surface area contributed by atoms with E-state index in [4.69, 9.17) is 9.98 Å². The Bertz CT molecular complexity index is 1250. The van der Waals surface area contributed by atoms with E-state index in [0.717, 1.165) is 43.8 Å². The van der Waals surface area contributed by atoms with Gasteiger partial charge in [0, 0.05) is 5.69 Å². The summed E-state index contributed by atoms with van der Waals surface area (Å²) >= 11 is 1.60. The molecule has 0 amide bonds. The van der Waals surface area contributed by atoms with Crippen LogP contribution >= 0.6 is 11.8 Å². The van der Waals surface area contributed by atoms with E-state index in [-0.39, 0.29) is 0 Å². The van der Waals surface area contributed by atoms with Gasteiger partial charge < -0.3 is 5.32 Å². The van der Waals surface area contributed by atoms with Crippen LogP contribution in [0.25, 0.3) is 0 Å². The molecule has 1 aliphatic heterocycles. The molecular weight excluding hydrogens is 422 g/mol. The maximum absolute atomic E-state index is 5.33. The van der Waals surface area contributed by atoms with Crippen LogP contribution in [0.4, 0.5) is 11.4 Å². The fraction of sp³-hybridized carbons (Fsp3) is 0.103. The minimum absolute atomic E-state index is 0.723. The lowest BCUT2D eigenvalue weighted by Gasteiger charge is -2.28. The van der Waals surface area contributed by atoms with Crippen LogP contribution in [0.3, 0.4) is 0 Å². The molecule has 4 heteroatoms. The SMILES string of the molecule is Cc1cccc(C)c1N=C1SC(Nc2ccccc2)=NC1(c1ccccc1)c1ccccc1. The van der Waals surface area contributed by atoms with Gasteiger partial charge in [-0.1, -0.05) is 97.1 Å². The third kappa shape index (κ3) is 4.10. The highest BCUT2D eigenvalue weighted by Crippen LogP contribution is 2.46. The van der Waals surface area contributed by atoms with Crippen LogP contribution in [0.2, 0.25) is 0 Å². The number of aryl methyl sites for hydroxylation is 2. The molecule has 0 aliphatic carbocycles. The standard InChI is InChI=1S/C29H25N3S/c1-21-13-12-14-22(2)26(21)31-27-29(23-15-6-3-7-16-23,24-17-8-4-9-18-24)32-28(33-27)30-25-19-10-5-11-20-25/h3-20H,1-2H3,(H,30,32). The number of para-hydroxylation sites is 2. The van der Waals surface area contributed by atoms with Crippen LogP contribution in [0.5, 0.6) is 0 Å². The summed E-state index contributed by atoms with van der Waals surface area (Å²) in [6.07, 6.45) is 0. The number of anilines is 1. The van der Waals surface area contributed by atoms with Gasteiger partial charge in [-0.25, -0.2) is 9.98 Å². The topological polar surface area (TPSA) is 36.8 Å². The summed E-state index contributed by atoms with van der Waals surface area (Å²) in [6, 6.07) is 37.4. The molecule has 0 saturated carbocycles. The van der Waals surface area contributed by atoms with Gasteiger partial charge in [-0.2, -0.15) is 0 Å². The number of hydrogen-bond donors (Lipinski definition) is 1. The minimum Gasteiger partial charge on any atom is -0.335 e. The molecule has 0 radical (unpaired) electrons. The fourth-order valence-electron chi connectivity index (χ4n) is 4.18. The summed E-state index contributed by atoms with van der Waals surface area (Å²) in [5.41, 5.74) is 5.79. The van der Waals surface area contributed by atoms with E-state index in [1.54, 1.807) is 11.8 Å². The van der Waals surface area contributed by atoms with Crippen molar-refractivity contribution >= 4 is 33.3 Å². The van der Waals surface area contributed by atoms with Crippen LogP contribution in [0, 0.1) is 13.8 Å². The molecule has 1 heterocycles. The van der Waals surface area contributed by atoms with Crippen molar-refractivity contribution in [3.63, 3.8) is 0 Å². The molecule has 4 aromatic rings. The van der Waals surface area contributed by atoms with Gasteiger partial charge in [-0.3, -0.25) is 0 Å². The summed E-state index contributed by atoms with van der Waals surface area (Å²) in [4.78, 5) is 10.6. The van der Waals surface area contributed by atoms with Gasteiger partial charge in [0.25, 0.3) is 0 Å². The number of benzene rings is 4. The second kappa shape index (κ2) is 9.08. The molecule has 0 bridgehead atoms. The van der Waals surface area contributed by atoms with Gasteiger partial charge >= 0.3 is 0 Å². The van der Waals surface area contributed by atoms with Crippen LogP contribution in [0.1, 0.15) is 22.3 Å². The molecular formula is C29H25N3S. The van der Waals surface area contributed by atoms with E-state index in [1.165, 1.54) is 0 Å². The van der Waals surface area contributed by atoms with Crippen molar-refractivity contribution in [3.8, 4) is 0 Å². The van der Waals surface area contributed by atoms with Gasteiger partial charge in [0.1, 0.15) is 5.04 Å². The fourth-order valence-corrected chi connectivity index (χ4v) is 5.28. The second-order valence-electron chi connectivity index (χ2n) is 8.11. The molecule has 1 aliphatic rings. The van der Waals surface area contributed by atoms with Crippen LogP contribution in [-0.2, 0) is 5.54 Å². The zero-order valence-corrected chi connectivity index (χ0v) is 19.5. The first kappa shape index (κ1) is 21.2. The number of hydrogen-bond acceptors (Lipinski definition) is 4. The van der Waals surface area contributed by atoms with Gasteiger partial charge in [-0.05, 0) is 60.0 Å². The second-order valence-corrected chi connectivity index (χ2v) is 9.09. The zero-order valence-electron chi connectivity index (χ0n) is 18.7. The van der Waals surface area contributed by atoms with E-state index in [1.807, 2.05) is 30.3 Å². The van der Waals surface area contributed by atoms with Crippen molar-refractivity contribution < 1.29 is 0 Å². The molecule has 0 fully saturated rings. The number of nitrogens with one attached hydrogen (secondary N) is 1. The summed E-state index contributed by atoms with van der Waals surface area (Å²) in [6.45, 7) is 4.23. The zero-order chi connectivity index (χ0) is 22.7. The van der Waals surface area contributed by atoms with E-state index in [0.29, 0.717) is 0 Å². The normalized spacial score (nSPS) is 15.9. The summed E-state index contributed by atoms with van der Waals surface area (Å²) in [7, 11) is 0. The van der Waals surface area contributed by atoms with Crippen molar-refractivity contribution in [3.05, 3.63) is 131 Å². The van der Waals surface area contributed by atoms with E-state index < -0.39 is 5.54 Å². The van der Waals surface area contributed by atoms with Crippen molar-refractivity contribution in [2.75, 3.05) is 5.32 Å². The number of amidine groups is 1. The van der Waals surface area contributed by atoms with Gasteiger partial charge in [0.2, 0.25) is 0 Å². The summed E-state index contributed by atoms with van der Waals surface area (Å²) in [5, 5.41) is 5.29. The van der Waals surface area contributed by atoms with Crippen molar-refractivity contribution in [1.82, 2.24) is 0 Å². The first-order valence-corrected chi connectivity index (χ1v) is 11.8. The minimum atomic E-state index is -0.723. The highest BCUT2D eigenvalue weighted by molar-refractivity contribution is 8.27. The number of aliphatic imine (C=N–C) groups is 2. The Labute approximate surface area is 199 Å². The molecule has 33 heavy (non-hydrogen) atoms. The average Bonchev–Trinajstić information content (AvgIpc) is 3.22. The lowest BCUT2D eigenvalue weighted by Crippen LogP contribution is -2.30. The van der Waals surface area contributed by atoms with Gasteiger partial charge in [0.05, 0.1) is 5.69 Å². The molecule has 4 aromatic carbocycles. The Kier molecular flexibility index (Phi) is 5.84. The maximum Gasteiger partial charge on any atom is 0.168 e. The van der Waals surface area contributed by atoms with Crippen LogP contribution < -0.4 is 5.32 Å². The highest BCUT2D eigenvalue weighted by Gasteiger charge is 2.45. The molecule has 0 atom stereocenters. The van der Waals surface area contributed by atoms with Crippen molar-refractivity contribution in [2.24, 2.45) is 9.98 Å². The predicted octanol–water partition coefficient (Wildman–Crippen LogP) is 7.49. The van der Waals surface area contributed by atoms with Crippen molar-refractivity contribution in [2.45, 2.75) is 19.4 Å². The number of rotatable bonds is 4.